The van der Waals surface area contributed by atoms with Gasteiger partial charge in [0, 0.05) is 12.1 Å². The molecule has 5 nitrogen and oxygen atoms in total. The molecule has 16 heavy (non-hydrogen) atoms. The smallest absolute Gasteiger partial charge is 0.242 e. The van der Waals surface area contributed by atoms with E-state index in [0.717, 1.165) is 30.0 Å². The normalized spacial score (nSPS) is 24.6. The minimum Gasteiger partial charge on any atom is -0.350 e. The Bertz CT molecular complexity index is 328. The van der Waals surface area contributed by atoms with Crippen LogP contribution in [0.25, 0.3) is 0 Å². The van der Waals surface area contributed by atoms with Gasteiger partial charge in [0.2, 0.25) is 5.95 Å². The molecule has 1 aliphatic carbocycles. The summed E-state index contributed by atoms with van der Waals surface area (Å²) in [5.41, 5.74) is 5.84. The number of nitrogens with one attached hydrogen (secondary N) is 1. The average Bonchev–Trinajstić information content (AvgIpc) is 2.67. The molecule has 1 aromatic heterocycles. The van der Waals surface area contributed by atoms with Crippen LogP contribution in [0.1, 0.15) is 26.2 Å². The summed E-state index contributed by atoms with van der Waals surface area (Å²) in [5, 5.41) is 12.3. The molecule has 0 saturated heterocycles. The molecule has 0 unspecified atom stereocenters. The number of rotatable bonds is 4. The highest BCUT2D eigenvalue weighted by Crippen LogP contribution is 2.20. The Kier molecular flexibility index (Phi) is 3.95. The van der Waals surface area contributed by atoms with Gasteiger partial charge in [-0.2, -0.15) is 0 Å². The zero-order valence-electron chi connectivity index (χ0n) is 9.39. The summed E-state index contributed by atoms with van der Waals surface area (Å²) in [6.07, 6.45) is 4.93. The Morgan fingerprint density at radius 3 is 2.94 bits per heavy atom. The number of aromatic nitrogens is 3. The molecule has 1 aromatic rings. The Labute approximate surface area is 99.6 Å². The van der Waals surface area contributed by atoms with Gasteiger partial charge in [0.25, 0.3) is 0 Å². The van der Waals surface area contributed by atoms with Crippen molar-refractivity contribution in [3.63, 3.8) is 0 Å². The highest BCUT2D eigenvalue weighted by atomic mass is 32.2. The summed E-state index contributed by atoms with van der Waals surface area (Å²) < 4.78 is 0. The third-order valence-electron chi connectivity index (χ3n) is 2.64. The van der Waals surface area contributed by atoms with Gasteiger partial charge in [-0.05, 0) is 25.0 Å². The summed E-state index contributed by atoms with van der Waals surface area (Å²) >= 11 is 1.64. The molecule has 1 saturated carbocycles. The Morgan fingerprint density at radius 2 is 2.38 bits per heavy atom. The fourth-order valence-corrected chi connectivity index (χ4v) is 2.40. The van der Waals surface area contributed by atoms with Crippen LogP contribution < -0.4 is 11.1 Å². The average molecular weight is 239 g/mol. The van der Waals surface area contributed by atoms with E-state index in [9.17, 15) is 0 Å². The highest BCUT2D eigenvalue weighted by Gasteiger charge is 2.22. The van der Waals surface area contributed by atoms with Crippen LogP contribution in [-0.2, 0) is 0 Å². The van der Waals surface area contributed by atoms with Gasteiger partial charge in [0.05, 0.1) is 6.20 Å². The predicted octanol–water partition coefficient (Wildman–Crippen LogP) is 1.28. The molecule has 2 rings (SSSR count). The van der Waals surface area contributed by atoms with Crippen molar-refractivity contribution < 1.29 is 0 Å². The van der Waals surface area contributed by atoms with E-state index >= 15 is 0 Å². The van der Waals surface area contributed by atoms with Crippen molar-refractivity contribution in [1.29, 1.82) is 0 Å². The molecule has 2 atom stereocenters. The van der Waals surface area contributed by atoms with Gasteiger partial charge in [-0.25, -0.2) is 4.98 Å². The van der Waals surface area contributed by atoms with E-state index < -0.39 is 0 Å². The lowest BCUT2D eigenvalue weighted by Crippen LogP contribution is -2.21. The lowest BCUT2D eigenvalue weighted by molar-refractivity contribution is 0.682. The second kappa shape index (κ2) is 5.45. The van der Waals surface area contributed by atoms with Crippen molar-refractivity contribution in [3.05, 3.63) is 6.20 Å². The standard InChI is InChI=1S/C10H17N5S/c1-2-16-9-6-12-10(15-14-9)13-8-4-3-7(11)5-8/h6-8H,2-5,11H2,1H3,(H,12,13,15)/t7-,8-/m0/s1. The van der Waals surface area contributed by atoms with Crippen LogP contribution in [0.5, 0.6) is 0 Å². The van der Waals surface area contributed by atoms with Crippen molar-refractivity contribution in [2.45, 2.75) is 43.3 Å². The summed E-state index contributed by atoms with van der Waals surface area (Å²) in [5.74, 6) is 1.60. The molecule has 1 fully saturated rings. The molecular formula is C10H17N5S. The van der Waals surface area contributed by atoms with Crippen LogP contribution in [-0.4, -0.2) is 33.0 Å². The number of nitrogens with two attached hydrogens (primary N) is 1. The maximum atomic E-state index is 5.84. The molecule has 0 bridgehead atoms. The van der Waals surface area contributed by atoms with Gasteiger partial charge < -0.3 is 11.1 Å². The third kappa shape index (κ3) is 3.05. The molecule has 0 radical (unpaired) electrons. The van der Waals surface area contributed by atoms with Gasteiger partial charge in [-0.1, -0.05) is 6.92 Å². The maximum Gasteiger partial charge on any atom is 0.242 e. The quantitative estimate of drug-likeness (QED) is 0.771. The largest absolute Gasteiger partial charge is 0.350 e. The van der Waals surface area contributed by atoms with Crippen molar-refractivity contribution in [2.75, 3.05) is 11.1 Å². The Balaban J connectivity index is 1.89. The predicted molar refractivity (Wildman–Crippen MR) is 65.5 cm³/mol. The summed E-state index contributed by atoms with van der Waals surface area (Å²) in [6.45, 7) is 2.08. The van der Waals surface area contributed by atoms with E-state index in [1.807, 2.05) is 0 Å². The zero-order valence-corrected chi connectivity index (χ0v) is 10.2. The monoisotopic (exact) mass is 239 g/mol. The fourth-order valence-electron chi connectivity index (χ4n) is 1.87. The minimum atomic E-state index is 0.320. The van der Waals surface area contributed by atoms with Crippen molar-refractivity contribution in [2.24, 2.45) is 5.73 Å². The molecule has 1 heterocycles. The van der Waals surface area contributed by atoms with Gasteiger partial charge >= 0.3 is 0 Å². The van der Waals surface area contributed by atoms with E-state index in [1.54, 1.807) is 18.0 Å². The first-order valence-electron chi connectivity index (χ1n) is 5.62. The van der Waals surface area contributed by atoms with E-state index in [-0.39, 0.29) is 0 Å². The zero-order chi connectivity index (χ0) is 11.4. The Hall–Kier alpha value is -0.880. The number of anilines is 1. The maximum absolute atomic E-state index is 5.84. The first-order chi connectivity index (χ1) is 7.78. The second-order valence-electron chi connectivity index (χ2n) is 3.97. The molecule has 0 aromatic carbocycles. The first-order valence-corrected chi connectivity index (χ1v) is 6.61. The van der Waals surface area contributed by atoms with Crippen LogP contribution in [0.4, 0.5) is 5.95 Å². The van der Waals surface area contributed by atoms with Crippen molar-refractivity contribution in [3.8, 4) is 0 Å². The summed E-state index contributed by atoms with van der Waals surface area (Å²) in [6, 6.07) is 0.724. The molecule has 3 N–H and O–H groups in total. The fraction of sp³-hybridized carbons (Fsp3) is 0.700. The van der Waals surface area contributed by atoms with Crippen LogP contribution in [0.3, 0.4) is 0 Å². The lowest BCUT2D eigenvalue weighted by Gasteiger charge is -2.11. The van der Waals surface area contributed by atoms with E-state index in [0.29, 0.717) is 18.0 Å². The molecule has 0 amide bonds. The summed E-state index contributed by atoms with van der Waals surface area (Å²) in [4.78, 5) is 4.24. The number of thioether (sulfide) groups is 1. The summed E-state index contributed by atoms with van der Waals surface area (Å²) in [7, 11) is 0. The first kappa shape index (κ1) is 11.6. The van der Waals surface area contributed by atoms with Gasteiger partial charge in [-0.3, -0.25) is 0 Å². The van der Waals surface area contributed by atoms with Crippen LogP contribution in [0.2, 0.25) is 0 Å². The van der Waals surface area contributed by atoms with Crippen molar-refractivity contribution in [1.82, 2.24) is 15.2 Å². The molecular weight excluding hydrogens is 222 g/mol. The molecule has 0 spiro atoms. The lowest BCUT2D eigenvalue weighted by atomic mass is 10.2. The van der Waals surface area contributed by atoms with Crippen LogP contribution in [0.15, 0.2) is 11.2 Å². The minimum absolute atomic E-state index is 0.320. The molecule has 0 aliphatic heterocycles. The van der Waals surface area contributed by atoms with Crippen LogP contribution in [0, 0.1) is 0 Å². The van der Waals surface area contributed by atoms with Gasteiger partial charge in [-0.15, -0.1) is 22.0 Å². The van der Waals surface area contributed by atoms with E-state index in [1.165, 1.54) is 0 Å². The van der Waals surface area contributed by atoms with Crippen molar-refractivity contribution >= 4 is 17.7 Å². The van der Waals surface area contributed by atoms with Crippen LogP contribution >= 0.6 is 11.8 Å². The Morgan fingerprint density at radius 1 is 1.50 bits per heavy atom. The highest BCUT2D eigenvalue weighted by molar-refractivity contribution is 7.99. The van der Waals surface area contributed by atoms with E-state index in [2.05, 4.69) is 27.4 Å². The number of hydrogen-bond donors (Lipinski definition) is 2. The van der Waals surface area contributed by atoms with Gasteiger partial charge in [0.15, 0.2) is 0 Å². The number of nitrogens with zero attached hydrogens (tertiary/aromatic N) is 3. The second-order valence-corrected chi connectivity index (χ2v) is 5.25. The molecule has 6 heteroatoms. The SMILES string of the molecule is CCSc1cnc(N[C@H]2CC[C@H](N)C2)nn1. The topological polar surface area (TPSA) is 76.7 Å². The molecule has 88 valence electrons. The number of hydrogen-bond acceptors (Lipinski definition) is 6. The third-order valence-corrected chi connectivity index (χ3v) is 3.41. The van der Waals surface area contributed by atoms with Gasteiger partial charge in [0.1, 0.15) is 5.03 Å². The van der Waals surface area contributed by atoms with E-state index in [4.69, 9.17) is 5.73 Å². The molecule has 1 aliphatic rings.